The standard InChI is InChI=1S/C26H36N2O4/c1-5-31-25(30)26-15-20(14-17(2)11-13-32-19(4)29)16-28(18(26)3)12-10-22-21-8-6-7-9-23(21)27-24(22)26/h6-9,17-18,20,27H,5,10-16H2,1-4H3/t17?,18?,20-,26?/m0/s1. The van der Waals surface area contributed by atoms with E-state index in [4.69, 9.17) is 9.47 Å². The van der Waals surface area contributed by atoms with Crippen LogP contribution in [0.4, 0.5) is 0 Å². The Hall–Kier alpha value is -2.34. The first-order valence-electron chi connectivity index (χ1n) is 12.0. The molecule has 4 rings (SSSR count). The molecule has 0 aliphatic carbocycles. The highest BCUT2D eigenvalue weighted by atomic mass is 16.5. The highest BCUT2D eigenvalue weighted by molar-refractivity contribution is 5.91. The van der Waals surface area contributed by atoms with Crippen LogP contribution in [-0.2, 0) is 30.9 Å². The number of piperidine rings is 1. The third-order valence-electron chi connectivity index (χ3n) is 7.56. The number of H-pyrrole nitrogens is 1. The average Bonchev–Trinajstić information content (AvgIpc) is 3.10. The SMILES string of the molecule is CCOC(=O)C12C[C@H](CC(C)CCOC(C)=O)CN(CCc3c1[nH]c1ccccc31)C2C. The van der Waals surface area contributed by atoms with Crippen LogP contribution in [0.25, 0.3) is 10.9 Å². The Morgan fingerprint density at radius 1 is 1.28 bits per heavy atom. The Morgan fingerprint density at radius 3 is 2.81 bits per heavy atom. The van der Waals surface area contributed by atoms with Gasteiger partial charge in [-0.3, -0.25) is 14.5 Å². The van der Waals surface area contributed by atoms with Crippen LogP contribution in [0.2, 0.25) is 0 Å². The van der Waals surface area contributed by atoms with E-state index in [0.29, 0.717) is 25.0 Å². The minimum absolute atomic E-state index is 0.0727. The molecule has 2 aliphatic heterocycles. The fraction of sp³-hybridized carbons (Fsp3) is 0.615. The van der Waals surface area contributed by atoms with Gasteiger partial charge in [-0.05, 0) is 63.0 Å². The molecule has 1 N–H and O–H groups in total. The van der Waals surface area contributed by atoms with Gasteiger partial charge in [0.1, 0.15) is 5.41 Å². The molecule has 2 bridgehead atoms. The molecule has 6 nitrogen and oxygen atoms in total. The van der Waals surface area contributed by atoms with Crippen molar-refractivity contribution < 1.29 is 19.1 Å². The number of aromatic amines is 1. The van der Waals surface area contributed by atoms with Crippen LogP contribution in [0.5, 0.6) is 0 Å². The predicted octanol–water partition coefficient (Wildman–Crippen LogP) is 4.21. The Bertz CT molecular complexity index is 983. The molecule has 1 saturated heterocycles. The van der Waals surface area contributed by atoms with Crippen LogP contribution in [0, 0.1) is 11.8 Å². The van der Waals surface area contributed by atoms with Crippen molar-refractivity contribution in [1.82, 2.24) is 9.88 Å². The van der Waals surface area contributed by atoms with Crippen LogP contribution in [0.3, 0.4) is 0 Å². The molecule has 6 heteroatoms. The van der Waals surface area contributed by atoms with Gasteiger partial charge in [0.15, 0.2) is 0 Å². The lowest BCUT2D eigenvalue weighted by Gasteiger charge is -2.48. The van der Waals surface area contributed by atoms with E-state index in [-0.39, 0.29) is 18.0 Å². The Morgan fingerprint density at radius 2 is 2.06 bits per heavy atom. The summed E-state index contributed by atoms with van der Waals surface area (Å²) in [6, 6.07) is 8.44. The average molecular weight is 441 g/mol. The second-order valence-electron chi connectivity index (χ2n) is 9.68. The van der Waals surface area contributed by atoms with Crippen LogP contribution in [-0.4, -0.2) is 54.2 Å². The minimum atomic E-state index is -0.695. The van der Waals surface area contributed by atoms with Gasteiger partial charge in [0.25, 0.3) is 0 Å². The van der Waals surface area contributed by atoms with Crippen molar-refractivity contribution in [2.75, 3.05) is 26.3 Å². The van der Waals surface area contributed by atoms with Crippen molar-refractivity contribution in [2.24, 2.45) is 11.8 Å². The van der Waals surface area contributed by atoms with Gasteiger partial charge in [0.05, 0.1) is 13.2 Å². The maximum Gasteiger partial charge on any atom is 0.319 e. The van der Waals surface area contributed by atoms with Gasteiger partial charge in [0, 0.05) is 42.7 Å². The molecule has 2 aliphatic rings. The van der Waals surface area contributed by atoms with E-state index in [0.717, 1.165) is 50.0 Å². The molecule has 4 unspecified atom stereocenters. The van der Waals surface area contributed by atoms with Gasteiger partial charge in [-0.2, -0.15) is 0 Å². The maximum absolute atomic E-state index is 13.7. The third kappa shape index (κ3) is 4.05. The highest BCUT2D eigenvalue weighted by Gasteiger charge is 2.56. The lowest BCUT2D eigenvalue weighted by molar-refractivity contribution is -0.157. The minimum Gasteiger partial charge on any atom is -0.466 e. The largest absolute Gasteiger partial charge is 0.466 e. The zero-order chi connectivity index (χ0) is 22.9. The lowest BCUT2D eigenvalue weighted by Crippen LogP contribution is -2.60. The number of nitrogens with zero attached hydrogens (tertiary/aromatic N) is 1. The number of aromatic nitrogens is 1. The van der Waals surface area contributed by atoms with Crippen molar-refractivity contribution in [1.29, 1.82) is 0 Å². The molecule has 5 atom stereocenters. The lowest BCUT2D eigenvalue weighted by atomic mass is 9.66. The number of carbonyl (C=O) groups is 2. The van der Waals surface area contributed by atoms with E-state index in [1.54, 1.807) is 0 Å². The summed E-state index contributed by atoms with van der Waals surface area (Å²) in [6.45, 7) is 10.5. The number of hydrogen-bond acceptors (Lipinski definition) is 5. The zero-order valence-corrected chi connectivity index (χ0v) is 19.8. The Kier molecular flexibility index (Phi) is 6.61. The Labute approximate surface area is 190 Å². The smallest absolute Gasteiger partial charge is 0.319 e. The van der Waals surface area contributed by atoms with Gasteiger partial charge in [-0.25, -0.2) is 0 Å². The predicted molar refractivity (Wildman–Crippen MR) is 124 cm³/mol. The molecule has 0 radical (unpaired) electrons. The molecule has 32 heavy (non-hydrogen) atoms. The van der Waals surface area contributed by atoms with Crippen LogP contribution >= 0.6 is 0 Å². The number of para-hydroxylation sites is 1. The van der Waals surface area contributed by atoms with Crippen molar-refractivity contribution in [3.8, 4) is 0 Å². The van der Waals surface area contributed by atoms with E-state index in [1.165, 1.54) is 17.9 Å². The van der Waals surface area contributed by atoms with Crippen LogP contribution in [0.1, 0.15) is 58.2 Å². The maximum atomic E-state index is 13.7. The van der Waals surface area contributed by atoms with Crippen LogP contribution < -0.4 is 0 Å². The van der Waals surface area contributed by atoms with E-state index in [2.05, 4.69) is 41.9 Å². The number of nitrogens with one attached hydrogen (secondary N) is 1. The number of ether oxygens (including phenoxy) is 2. The topological polar surface area (TPSA) is 71.6 Å². The van der Waals surface area contributed by atoms with Crippen molar-refractivity contribution in [3.63, 3.8) is 0 Å². The Balaban J connectivity index is 1.69. The number of fused-ring (bicyclic) bond motifs is 6. The quantitative estimate of drug-likeness (QED) is 0.653. The first-order valence-corrected chi connectivity index (χ1v) is 12.0. The number of carbonyl (C=O) groups excluding carboxylic acids is 2. The highest BCUT2D eigenvalue weighted by Crippen LogP contribution is 2.48. The summed E-state index contributed by atoms with van der Waals surface area (Å²) in [5.74, 6) is 0.454. The number of benzene rings is 1. The number of esters is 2. The molecule has 1 aromatic carbocycles. The van der Waals surface area contributed by atoms with Gasteiger partial charge in [0.2, 0.25) is 0 Å². The van der Waals surface area contributed by atoms with Crippen molar-refractivity contribution >= 4 is 22.8 Å². The van der Waals surface area contributed by atoms with Gasteiger partial charge in [-0.1, -0.05) is 25.1 Å². The second kappa shape index (κ2) is 9.26. The van der Waals surface area contributed by atoms with Gasteiger partial charge >= 0.3 is 11.9 Å². The van der Waals surface area contributed by atoms with E-state index in [9.17, 15) is 9.59 Å². The summed E-state index contributed by atoms with van der Waals surface area (Å²) in [7, 11) is 0. The van der Waals surface area contributed by atoms with E-state index in [1.807, 2.05) is 13.0 Å². The van der Waals surface area contributed by atoms with E-state index >= 15 is 0 Å². The molecule has 0 amide bonds. The fourth-order valence-corrected chi connectivity index (χ4v) is 6.05. The molecule has 2 aromatic rings. The molecule has 0 saturated carbocycles. The summed E-state index contributed by atoms with van der Waals surface area (Å²) < 4.78 is 10.9. The summed E-state index contributed by atoms with van der Waals surface area (Å²) in [6.07, 6.45) is 3.55. The molecule has 0 spiro atoms. The van der Waals surface area contributed by atoms with Gasteiger partial charge in [-0.15, -0.1) is 0 Å². The first-order chi connectivity index (χ1) is 15.4. The van der Waals surface area contributed by atoms with Crippen LogP contribution in [0.15, 0.2) is 24.3 Å². The normalized spacial score (nSPS) is 27.9. The summed E-state index contributed by atoms with van der Waals surface area (Å²) in [5, 5.41) is 1.22. The molecular weight excluding hydrogens is 404 g/mol. The number of rotatable bonds is 7. The number of hydrogen-bond donors (Lipinski definition) is 1. The fourth-order valence-electron chi connectivity index (χ4n) is 6.05. The second-order valence-corrected chi connectivity index (χ2v) is 9.68. The third-order valence-corrected chi connectivity index (χ3v) is 7.56. The summed E-state index contributed by atoms with van der Waals surface area (Å²) >= 11 is 0. The van der Waals surface area contributed by atoms with Crippen molar-refractivity contribution in [3.05, 3.63) is 35.5 Å². The zero-order valence-electron chi connectivity index (χ0n) is 19.8. The summed E-state index contributed by atoms with van der Waals surface area (Å²) in [5.41, 5.74) is 2.73. The molecule has 3 heterocycles. The molecule has 1 aromatic heterocycles. The van der Waals surface area contributed by atoms with E-state index < -0.39 is 5.41 Å². The summed E-state index contributed by atoms with van der Waals surface area (Å²) in [4.78, 5) is 30.9. The monoisotopic (exact) mass is 440 g/mol. The molecular formula is C26H36N2O4. The van der Waals surface area contributed by atoms with Crippen molar-refractivity contribution in [2.45, 2.75) is 64.8 Å². The molecule has 1 fully saturated rings. The van der Waals surface area contributed by atoms with Gasteiger partial charge < -0.3 is 14.5 Å². The first kappa shape index (κ1) is 22.8. The molecule has 174 valence electrons.